The van der Waals surface area contributed by atoms with Gasteiger partial charge >= 0.3 is 5.97 Å². The first-order valence-corrected chi connectivity index (χ1v) is 11.9. The number of likely N-dealkylation sites (tertiary alicyclic amines) is 1. The van der Waals surface area contributed by atoms with Gasteiger partial charge < -0.3 is 15.0 Å². The average molecular weight is 475 g/mol. The fraction of sp³-hybridized carbons (Fsp3) is 0.357. The quantitative estimate of drug-likeness (QED) is 0.496. The Kier molecular flexibility index (Phi) is 6.87. The van der Waals surface area contributed by atoms with Crippen LogP contribution >= 0.6 is 0 Å². The van der Waals surface area contributed by atoms with E-state index in [0.29, 0.717) is 49.7 Å². The highest BCUT2D eigenvalue weighted by Crippen LogP contribution is 2.29. The number of hydrogen-bond acceptors (Lipinski definition) is 4. The molecule has 1 amide bonds. The maximum Gasteiger partial charge on any atom is 0.335 e. The first kappa shape index (κ1) is 24.4. The number of rotatable bonds is 7. The number of hydrogen-bond donors (Lipinski definition) is 2. The van der Waals surface area contributed by atoms with Crippen molar-refractivity contribution in [1.29, 1.82) is 0 Å². The Morgan fingerprint density at radius 1 is 1.00 bits per heavy atom. The van der Waals surface area contributed by atoms with E-state index in [1.807, 2.05) is 43.0 Å². The van der Waals surface area contributed by atoms with Gasteiger partial charge in [0.25, 0.3) is 5.56 Å². The molecule has 0 unspecified atom stereocenters. The van der Waals surface area contributed by atoms with Gasteiger partial charge in [-0.3, -0.25) is 14.4 Å². The van der Waals surface area contributed by atoms with E-state index in [4.69, 9.17) is 5.11 Å². The predicted octanol–water partition coefficient (Wildman–Crippen LogP) is 4.31. The van der Waals surface area contributed by atoms with E-state index in [1.165, 1.54) is 12.1 Å². The molecule has 0 spiro atoms. The lowest BCUT2D eigenvalue weighted by molar-refractivity contribution is -0.134. The average Bonchev–Trinajstić information content (AvgIpc) is 2.83. The number of benzene rings is 2. The van der Waals surface area contributed by atoms with Crippen LogP contribution in [0.25, 0.3) is 10.8 Å². The van der Waals surface area contributed by atoms with Crippen LogP contribution in [0.2, 0.25) is 0 Å². The third-order valence-electron chi connectivity index (χ3n) is 6.74. The summed E-state index contributed by atoms with van der Waals surface area (Å²) in [5, 5.41) is 10.6. The number of carbonyl (C=O) groups excluding carboxylic acids is 2. The minimum absolute atomic E-state index is 0.00498. The lowest BCUT2D eigenvalue weighted by Crippen LogP contribution is -2.42. The molecule has 1 saturated heterocycles. The second-order valence-corrected chi connectivity index (χ2v) is 10.1. The molecule has 7 heteroatoms. The number of aromatic carboxylic acids is 1. The molecular formula is C28H30N2O5. The van der Waals surface area contributed by atoms with E-state index >= 15 is 0 Å². The zero-order valence-corrected chi connectivity index (χ0v) is 20.0. The molecule has 1 aliphatic rings. The molecule has 0 aliphatic carbocycles. The summed E-state index contributed by atoms with van der Waals surface area (Å²) >= 11 is 0. The maximum atomic E-state index is 13.0. The van der Waals surface area contributed by atoms with E-state index in [0.717, 1.165) is 11.1 Å². The topological polar surface area (TPSA) is 108 Å². The second kappa shape index (κ2) is 9.86. The van der Waals surface area contributed by atoms with Gasteiger partial charge in [0.05, 0.1) is 5.56 Å². The van der Waals surface area contributed by atoms with Gasteiger partial charge in [0.1, 0.15) is 0 Å². The summed E-state index contributed by atoms with van der Waals surface area (Å²) in [7, 11) is 0. The van der Waals surface area contributed by atoms with Crippen LogP contribution in [0, 0.1) is 11.3 Å². The van der Waals surface area contributed by atoms with Crippen molar-refractivity contribution in [1.82, 2.24) is 9.88 Å². The minimum atomic E-state index is -1.02. The molecular weight excluding hydrogens is 444 g/mol. The molecule has 1 aliphatic heterocycles. The Labute approximate surface area is 203 Å². The van der Waals surface area contributed by atoms with Gasteiger partial charge in [-0.15, -0.1) is 0 Å². The van der Waals surface area contributed by atoms with Gasteiger partial charge in [-0.1, -0.05) is 44.2 Å². The number of piperidine rings is 1. The number of aromatic amines is 1. The van der Waals surface area contributed by atoms with Gasteiger partial charge in [-0.05, 0) is 54.3 Å². The SMILES string of the molecule is CC(C)(CC(=O)N1CCC(C(=O)c2ccc(C(=O)O)cc2)CC1)Cc1cc2ccccc2c(=O)[nH]1. The molecule has 7 nitrogen and oxygen atoms in total. The number of carboxylic acid groups (broad SMARTS) is 1. The van der Waals surface area contributed by atoms with Gasteiger partial charge in [0.2, 0.25) is 5.91 Å². The van der Waals surface area contributed by atoms with Crippen LogP contribution in [0.3, 0.4) is 0 Å². The number of nitrogens with one attached hydrogen (secondary N) is 1. The molecule has 182 valence electrons. The van der Waals surface area contributed by atoms with Crippen LogP contribution in [0.15, 0.2) is 59.4 Å². The summed E-state index contributed by atoms with van der Waals surface area (Å²) in [4.78, 5) is 54.1. The van der Waals surface area contributed by atoms with E-state index in [-0.39, 0.29) is 34.1 Å². The summed E-state index contributed by atoms with van der Waals surface area (Å²) in [6, 6.07) is 15.4. The number of H-pyrrole nitrogens is 1. The Hall–Kier alpha value is -3.74. The van der Waals surface area contributed by atoms with Gasteiger partial charge in [-0.25, -0.2) is 4.79 Å². The number of pyridine rings is 1. The third-order valence-corrected chi connectivity index (χ3v) is 6.74. The van der Waals surface area contributed by atoms with Crippen molar-refractivity contribution in [3.05, 3.63) is 81.8 Å². The summed E-state index contributed by atoms with van der Waals surface area (Å²) in [5.74, 6) is -1.15. The highest BCUT2D eigenvalue weighted by atomic mass is 16.4. The zero-order chi connectivity index (χ0) is 25.2. The van der Waals surface area contributed by atoms with Crippen LogP contribution < -0.4 is 5.56 Å². The van der Waals surface area contributed by atoms with Crippen molar-refractivity contribution in [3.8, 4) is 0 Å². The number of ketones is 1. The van der Waals surface area contributed by atoms with E-state index in [1.54, 1.807) is 18.2 Å². The summed E-state index contributed by atoms with van der Waals surface area (Å²) < 4.78 is 0. The van der Waals surface area contributed by atoms with Crippen molar-refractivity contribution in [3.63, 3.8) is 0 Å². The van der Waals surface area contributed by atoms with Crippen molar-refractivity contribution >= 4 is 28.4 Å². The molecule has 4 rings (SSSR count). The maximum absolute atomic E-state index is 13.0. The molecule has 1 aromatic heterocycles. The highest BCUT2D eigenvalue weighted by molar-refractivity contribution is 5.99. The van der Waals surface area contributed by atoms with Gasteiger partial charge in [0, 0.05) is 42.1 Å². The van der Waals surface area contributed by atoms with Gasteiger partial charge in [-0.2, -0.15) is 0 Å². The Bertz CT molecular complexity index is 1320. The Balaban J connectivity index is 1.34. The lowest BCUT2D eigenvalue weighted by atomic mass is 9.82. The first-order valence-electron chi connectivity index (χ1n) is 11.9. The Morgan fingerprint density at radius 2 is 1.63 bits per heavy atom. The largest absolute Gasteiger partial charge is 0.478 e. The molecule has 2 N–H and O–H groups in total. The van der Waals surface area contributed by atoms with Crippen LogP contribution in [-0.2, 0) is 11.2 Å². The lowest BCUT2D eigenvalue weighted by Gasteiger charge is -2.34. The molecule has 0 atom stereocenters. The third kappa shape index (κ3) is 5.67. The molecule has 0 saturated carbocycles. The molecule has 1 fully saturated rings. The van der Waals surface area contributed by atoms with Crippen LogP contribution in [0.1, 0.15) is 59.5 Å². The summed E-state index contributed by atoms with van der Waals surface area (Å²) in [6.07, 6.45) is 2.09. The molecule has 35 heavy (non-hydrogen) atoms. The number of Topliss-reactive ketones (excluding diaryl/α,β-unsaturated/α-hetero) is 1. The monoisotopic (exact) mass is 474 g/mol. The van der Waals surface area contributed by atoms with Gasteiger partial charge in [0.15, 0.2) is 5.78 Å². The predicted molar refractivity (Wildman–Crippen MR) is 134 cm³/mol. The van der Waals surface area contributed by atoms with Crippen molar-refractivity contribution in [2.45, 2.75) is 39.5 Å². The summed E-state index contributed by atoms with van der Waals surface area (Å²) in [5.41, 5.74) is 0.998. The molecule has 3 aromatic rings. The normalized spacial score (nSPS) is 14.7. The van der Waals surface area contributed by atoms with E-state index in [9.17, 15) is 19.2 Å². The standard InChI is InChI=1S/C28H30N2O5/c1-28(2,16-22-15-21-5-3-4-6-23(21)26(33)29-22)17-24(31)30-13-11-19(12-14-30)25(32)18-7-9-20(10-8-18)27(34)35/h3-10,15,19H,11-14,16-17H2,1-2H3,(H,29,33)(H,34,35). The smallest absolute Gasteiger partial charge is 0.335 e. The van der Waals surface area contributed by atoms with Crippen LogP contribution in [-0.4, -0.2) is 45.7 Å². The van der Waals surface area contributed by atoms with Crippen molar-refractivity contribution in [2.75, 3.05) is 13.1 Å². The van der Waals surface area contributed by atoms with Crippen LogP contribution in [0.4, 0.5) is 0 Å². The molecule has 0 bridgehead atoms. The number of carbonyl (C=O) groups is 3. The fourth-order valence-electron chi connectivity index (χ4n) is 4.86. The molecule has 0 radical (unpaired) electrons. The van der Waals surface area contributed by atoms with E-state index < -0.39 is 5.97 Å². The van der Waals surface area contributed by atoms with Crippen LogP contribution in [0.5, 0.6) is 0 Å². The molecule has 2 aromatic carbocycles. The number of nitrogens with zero attached hydrogens (tertiary/aromatic N) is 1. The van der Waals surface area contributed by atoms with Crippen molar-refractivity contribution in [2.24, 2.45) is 11.3 Å². The minimum Gasteiger partial charge on any atom is -0.478 e. The number of amides is 1. The molecule has 2 heterocycles. The second-order valence-electron chi connectivity index (χ2n) is 10.1. The van der Waals surface area contributed by atoms with Crippen molar-refractivity contribution < 1.29 is 19.5 Å². The highest BCUT2D eigenvalue weighted by Gasteiger charge is 2.31. The van der Waals surface area contributed by atoms with E-state index in [2.05, 4.69) is 4.98 Å². The number of fused-ring (bicyclic) bond motifs is 1. The fourth-order valence-corrected chi connectivity index (χ4v) is 4.86. The zero-order valence-electron chi connectivity index (χ0n) is 20.0. The summed E-state index contributed by atoms with van der Waals surface area (Å²) in [6.45, 7) is 5.08. The number of aromatic nitrogens is 1. The Morgan fingerprint density at radius 3 is 2.29 bits per heavy atom. The number of carboxylic acids is 1. The first-order chi connectivity index (χ1) is 16.6.